The summed E-state index contributed by atoms with van der Waals surface area (Å²) < 4.78 is 69.5. The highest BCUT2D eigenvalue weighted by atomic mass is 19.2. The first kappa shape index (κ1) is 24.0. The number of halogens is 5. The minimum Gasteiger partial charge on any atom is -0.348 e. The molecule has 0 spiro atoms. The number of carbonyl (C=O) groups is 2. The van der Waals surface area contributed by atoms with E-state index in [1.807, 2.05) is 6.92 Å². The molecule has 0 radical (unpaired) electrons. The third-order valence-electron chi connectivity index (χ3n) is 5.79. The molecule has 0 bridgehead atoms. The number of hydrogen-bond donors (Lipinski definition) is 4. The summed E-state index contributed by atoms with van der Waals surface area (Å²) in [7, 11) is 0. The molecule has 0 saturated carbocycles. The van der Waals surface area contributed by atoms with Crippen molar-refractivity contribution in [3.05, 3.63) is 88.5 Å². The van der Waals surface area contributed by atoms with Gasteiger partial charge in [0.2, 0.25) is 0 Å². The molecule has 3 amide bonds. The van der Waals surface area contributed by atoms with Gasteiger partial charge in [-0.1, -0.05) is 6.07 Å². The van der Waals surface area contributed by atoms with E-state index in [2.05, 4.69) is 20.6 Å². The Balaban J connectivity index is 1.43. The zero-order chi connectivity index (χ0) is 26.4. The number of anilines is 2. The molecule has 1 aliphatic heterocycles. The summed E-state index contributed by atoms with van der Waals surface area (Å²) in [6.45, 7) is 1.99. The summed E-state index contributed by atoms with van der Waals surface area (Å²) in [6.07, 6.45) is 1.62. The van der Waals surface area contributed by atoms with Gasteiger partial charge in [-0.05, 0) is 42.3 Å². The van der Waals surface area contributed by atoms with Gasteiger partial charge in [0.05, 0.1) is 5.56 Å². The largest absolute Gasteiger partial charge is 0.348 e. The summed E-state index contributed by atoms with van der Waals surface area (Å²) in [5.41, 5.74) is 1.42. The van der Waals surface area contributed by atoms with Crippen LogP contribution < -0.4 is 16.0 Å². The highest BCUT2D eigenvalue weighted by Gasteiger charge is 2.28. The number of urea groups is 1. The number of nitrogens with zero attached hydrogens (tertiary/aromatic N) is 1. The van der Waals surface area contributed by atoms with Gasteiger partial charge in [0.1, 0.15) is 17.3 Å². The van der Waals surface area contributed by atoms with E-state index in [9.17, 15) is 27.2 Å². The highest BCUT2D eigenvalue weighted by molar-refractivity contribution is 6.06. The molecule has 0 atom stereocenters. The lowest BCUT2D eigenvalue weighted by Gasteiger charge is -2.13. The van der Waals surface area contributed by atoms with Crippen LogP contribution in [-0.4, -0.2) is 21.9 Å². The van der Waals surface area contributed by atoms with Crippen LogP contribution >= 0.6 is 0 Å². The lowest BCUT2D eigenvalue weighted by atomic mass is 9.92. The summed E-state index contributed by atoms with van der Waals surface area (Å²) in [5.74, 6) is -7.58. The van der Waals surface area contributed by atoms with Gasteiger partial charge in [-0.2, -0.15) is 0 Å². The van der Waals surface area contributed by atoms with Crippen molar-refractivity contribution in [3.8, 4) is 22.5 Å². The summed E-state index contributed by atoms with van der Waals surface area (Å²) in [5, 5.41) is 6.55. The number of nitrogens with one attached hydrogen (secondary N) is 4. The van der Waals surface area contributed by atoms with E-state index in [1.54, 1.807) is 23.6 Å². The van der Waals surface area contributed by atoms with Gasteiger partial charge >= 0.3 is 6.03 Å². The van der Waals surface area contributed by atoms with E-state index in [4.69, 9.17) is 0 Å². The lowest BCUT2D eigenvalue weighted by molar-refractivity contribution is 0.0966. The van der Waals surface area contributed by atoms with Crippen LogP contribution in [0, 0.1) is 36.0 Å². The zero-order valence-electron chi connectivity index (χ0n) is 18.9. The number of rotatable bonds is 4. The fourth-order valence-corrected chi connectivity index (χ4v) is 4.12. The number of hydrogen-bond acceptors (Lipinski definition) is 3. The monoisotopic (exact) mass is 513 g/mol. The Kier molecular flexibility index (Phi) is 5.86. The Labute approximate surface area is 205 Å². The fraction of sp³-hybridized carbons (Fsp3) is 0.0800. The van der Waals surface area contributed by atoms with Crippen molar-refractivity contribution in [1.29, 1.82) is 0 Å². The van der Waals surface area contributed by atoms with Crippen molar-refractivity contribution >= 4 is 23.3 Å². The number of imidazole rings is 1. The Morgan fingerprint density at radius 1 is 0.892 bits per heavy atom. The molecule has 0 unspecified atom stereocenters. The maximum atomic E-state index is 15.1. The molecule has 4 N–H and O–H groups in total. The number of amides is 3. The van der Waals surface area contributed by atoms with Gasteiger partial charge < -0.3 is 20.9 Å². The number of aromatic amines is 1. The standard InChI is InChI=1S/C25H16F5N5O2/c1-10-8-31-23(33-10)14-5-4-12(15-9-32-24(36)19(14)15)13-3-2-11(6-16(13)26)34-25(37)35-22-20(29)17(27)7-18(28)21(22)30/h2-8H,9H2,1H3,(H,31,33)(H,32,36)(H2,34,35,37). The van der Waals surface area contributed by atoms with Crippen LogP contribution in [0.25, 0.3) is 22.5 Å². The molecule has 7 nitrogen and oxygen atoms in total. The molecular weight excluding hydrogens is 497 g/mol. The van der Waals surface area contributed by atoms with Gasteiger partial charge in [0, 0.05) is 41.3 Å². The lowest BCUT2D eigenvalue weighted by Crippen LogP contribution is -2.21. The molecular formula is C25H16F5N5O2. The van der Waals surface area contributed by atoms with Crippen LogP contribution in [-0.2, 0) is 6.54 Å². The number of benzene rings is 3. The van der Waals surface area contributed by atoms with Gasteiger partial charge in [-0.15, -0.1) is 0 Å². The smallest absolute Gasteiger partial charge is 0.323 e. The molecule has 188 valence electrons. The van der Waals surface area contributed by atoms with Crippen molar-refractivity contribution in [2.75, 3.05) is 10.6 Å². The second-order valence-electron chi connectivity index (χ2n) is 8.23. The zero-order valence-corrected chi connectivity index (χ0v) is 18.9. The Morgan fingerprint density at radius 2 is 1.57 bits per heavy atom. The second kappa shape index (κ2) is 9.04. The van der Waals surface area contributed by atoms with Gasteiger partial charge in [0.25, 0.3) is 5.91 Å². The van der Waals surface area contributed by atoms with E-state index in [1.165, 1.54) is 12.1 Å². The topological polar surface area (TPSA) is 98.9 Å². The SMILES string of the molecule is Cc1cnc(-c2ccc(-c3ccc(NC(=O)Nc4c(F)c(F)cc(F)c4F)cc3F)c3c2C(=O)NC3)[nH]1. The minimum atomic E-state index is -1.79. The normalized spacial score (nSPS) is 12.3. The van der Waals surface area contributed by atoms with Gasteiger partial charge in [-0.25, -0.2) is 31.7 Å². The van der Waals surface area contributed by atoms with Gasteiger partial charge in [0.15, 0.2) is 23.3 Å². The summed E-state index contributed by atoms with van der Waals surface area (Å²) in [6, 6.07) is 5.66. The molecule has 1 aromatic heterocycles. The molecule has 3 aromatic carbocycles. The van der Waals surface area contributed by atoms with Crippen molar-refractivity contribution in [2.45, 2.75) is 13.5 Å². The van der Waals surface area contributed by atoms with E-state index in [-0.39, 0.29) is 29.8 Å². The van der Waals surface area contributed by atoms with Gasteiger partial charge in [-0.3, -0.25) is 4.79 Å². The Bertz CT molecular complexity index is 1570. The molecule has 12 heteroatoms. The van der Waals surface area contributed by atoms with Crippen molar-refractivity contribution in [1.82, 2.24) is 15.3 Å². The second-order valence-corrected chi connectivity index (χ2v) is 8.23. The van der Waals surface area contributed by atoms with Crippen LogP contribution in [0.3, 0.4) is 0 Å². The van der Waals surface area contributed by atoms with E-state index in [0.717, 1.165) is 11.8 Å². The number of carbonyl (C=O) groups excluding carboxylic acids is 2. The number of H-pyrrole nitrogens is 1. The van der Waals surface area contributed by atoms with Crippen LogP contribution in [0.5, 0.6) is 0 Å². The minimum absolute atomic E-state index is 0.00385. The van der Waals surface area contributed by atoms with E-state index < -0.39 is 40.8 Å². The first-order valence-electron chi connectivity index (χ1n) is 10.8. The predicted octanol–water partition coefficient (Wildman–Crippen LogP) is 5.64. The van der Waals surface area contributed by atoms with Crippen LogP contribution in [0.4, 0.5) is 38.1 Å². The quantitative estimate of drug-likeness (QED) is 0.210. The Morgan fingerprint density at radius 3 is 2.22 bits per heavy atom. The van der Waals surface area contributed by atoms with Crippen molar-refractivity contribution in [2.24, 2.45) is 0 Å². The first-order chi connectivity index (χ1) is 17.6. The number of aryl methyl sites for hydroxylation is 1. The first-order valence-corrected chi connectivity index (χ1v) is 10.8. The summed E-state index contributed by atoms with van der Waals surface area (Å²) >= 11 is 0. The maximum Gasteiger partial charge on any atom is 0.323 e. The van der Waals surface area contributed by atoms with Crippen LogP contribution in [0.1, 0.15) is 21.6 Å². The Hall–Kier alpha value is -4.74. The third-order valence-corrected chi connectivity index (χ3v) is 5.79. The third kappa shape index (κ3) is 4.26. The predicted molar refractivity (Wildman–Crippen MR) is 124 cm³/mol. The van der Waals surface area contributed by atoms with Crippen LogP contribution in [0.2, 0.25) is 0 Å². The van der Waals surface area contributed by atoms with Crippen molar-refractivity contribution < 1.29 is 31.5 Å². The van der Waals surface area contributed by atoms with Crippen LogP contribution in [0.15, 0.2) is 42.6 Å². The summed E-state index contributed by atoms with van der Waals surface area (Å²) in [4.78, 5) is 32.0. The molecule has 37 heavy (non-hydrogen) atoms. The molecule has 0 saturated heterocycles. The average molecular weight is 513 g/mol. The number of fused-ring (bicyclic) bond motifs is 1. The van der Waals surface area contributed by atoms with Crippen molar-refractivity contribution in [3.63, 3.8) is 0 Å². The number of aromatic nitrogens is 2. The highest BCUT2D eigenvalue weighted by Crippen LogP contribution is 2.37. The van der Waals surface area contributed by atoms with E-state index >= 15 is 4.39 Å². The average Bonchev–Trinajstić information content (AvgIpc) is 3.46. The molecule has 0 fully saturated rings. The van der Waals surface area contributed by atoms with E-state index in [0.29, 0.717) is 28.1 Å². The molecule has 1 aliphatic rings. The molecule has 5 rings (SSSR count). The maximum absolute atomic E-state index is 15.1. The molecule has 4 aromatic rings. The fourth-order valence-electron chi connectivity index (χ4n) is 4.12. The molecule has 2 heterocycles. The molecule has 0 aliphatic carbocycles.